The highest BCUT2D eigenvalue weighted by molar-refractivity contribution is 5.75. The summed E-state index contributed by atoms with van der Waals surface area (Å²) >= 11 is 0. The monoisotopic (exact) mass is 248 g/mol. The molecule has 0 unspecified atom stereocenters. The third kappa shape index (κ3) is 3.80. The Morgan fingerprint density at radius 1 is 1.35 bits per heavy atom. The van der Waals surface area contributed by atoms with Crippen LogP contribution in [0.15, 0.2) is 6.20 Å². The van der Waals surface area contributed by atoms with Gasteiger partial charge in [-0.25, -0.2) is 0 Å². The average molecular weight is 248 g/mol. The highest BCUT2D eigenvalue weighted by Crippen LogP contribution is 2.15. The van der Waals surface area contributed by atoms with Crippen molar-refractivity contribution in [1.82, 2.24) is 9.88 Å². The lowest BCUT2D eigenvalue weighted by molar-refractivity contribution is -0.138. The van der Waals surface area contributed by atoms with Crippen LogP contribution in [-0.2, 0) is 11.3 Å². The molecule has 0 atom stereocenters. The molecule has 96 valence electrons. The molecule has 1 N–H and O–H groups in total. The van der Waals surface area contributed by atoms with Crippen LogP contribution in [0, 0.1) is 20.8 Å². The van der Waals surface area contributed by atoms with Crippen LogP contribution in [0.3, 0.4) is 0 Å². The Labute approximate surface area is 97.6 Å². The number of alkyl halides is 3. The molecule has 1 amide bonds. The first-order valence-electron chi connectivity index (χ1n) is 5.17. The normalized spacial score (nSPS) is 11.6. The predicted molar refractivity (Wildman–Crippen MR) is 57.7 cm³/mol. The molecule has 0 aliphatic heterocycles. The number of carbonyl (C=O) groups is 1. The molecule has 0 bridgehead atoms. The van der Waals surface area contributed by atoms with Gasteiger partial charge in [0, 0.05) is 11.9 Å². The molecular formula is C11H15F3N2O. The van der Waals surface area contributed by atoms with Gasteiger partial charge in [0.25, 0.3) is 0 Å². The van der Waals surface area contributed by atoms with Crippen LogP contribution in [0.5, 0.6) is 0 Å². The lowest BCUT2D eigenvalue weighted by Crippen LogP contribution is -2.35. The van der Waals surface area contributed by atoms with Crippen molar-refractivity contribution in [1.29, 1.82) is 0 Å². The molecule has 1 heterocycles. The van der Waals surface area contributed by atoms with Crippen molar-refractivity contribution in [2.24, 2.45) is 0 Å². The SMILES string of the molecule is Cc1cn(CC(=O)NCC(F)(F)F)c(C)c1C. The van der Waals surface area contributed by atoms with E-state index >= 15 is 0 Å². The molecule has 0 saturated heterocycles. The van der Waals surface area contributed by atoms with E-state index in [2.05, 4.69) is 0 Å². The summed E-state index contributed by atoms with van der Waals surface area (Å²) in [4.78, 5) is 11.3. The third-order valence-corrected chi connectivity index (χ3v) is 2.71. The number of carbonyl (C=O) groups excluding carboxylic acids is 1. The molecule has 17 heavy (non-hydrogen) atoms. The Kier molecular flexibility index (Phi) is 3.85. The van der Waals surface area contributed by atoms with Gasteiger partial charge in [-0.2, -0.15) is 13.2 Å². The molecule has 1 aromatic heterocycles. The van der Waals surface area contributed by atoms with Gasteiger partial charge in [-0.15, -0.1) is 0 Å². The minimum absolute atomic E-state index is 0.0867. The van der Waals surface area contributed by atoms with Gasteiger partial charge in [0.15, 0.2) is 0 Å². The molecule has 1 rings (SSSR count). The summed E-state index contributed by atoms with van der Waals surface area (Å²) in [7, 11) is 0. The maximum absolute atomic E-state index is 11.9. The molecule has 1 aromatic rings. The van der Waals surface area contributed by atoms with E-state index in [-0.39, 0.29) is 6.54 Å². The molecule has 0 aromatic carbocycles. The van der Waals surface area contributed by atoms with Crippen molar-refractivity contribution in [2.75, 3.05) is 6.54 Å². The number of aryl methyl sites for hydroxylation is 1. The topological polar surface area (TPSA) is 34.0 Å². The van der Waals surface area contributed by atoms with Gasteiger partial charge >= 0.3 is 6.18 Å². The van der Waals surface area contributed by atoms with Crippen LogP contribution in [0.25, 0.3) is 0 Å². The zero-order valence-electron chi connectivity index (χ0n) is 9.98. The van der Waals surface area contributed by atoms with E-state index in [4.69, 9.17) is 0 Å². The number of amides is 1. The van der Waals surface area contributed by atoms with E-state index in [1.807, 2.05) is 26.1 Å². The van der Waals surface area contributed by atoms with Crippen LogP contribution in [0.2, 0.25) is 0 Å². The van der Waals surface area contributed by atoms with Gasteiger partial charge in [-0.1, -0.05) is 0 Å². The molecule has 3 nitrogen and oxygen atoms in total. The third-order valence-electron chi connectivity index (χ3n) is 2.71. The summed E-state index contributed by atoms with van der Waals surface area (Å²) in [5.74, 6) is -0.638. The summed E-state index contributed by atoms with van der Waals surface area (Å²) in [6, 6.07) is 0. The molecule has 0 spiro atoms. The number of hydrogen-bond donors (Lipinski definition) is 1. The highest BCUT2D eigenvalue weighted by atomic mass is 19.4. The van der Waals surface area contributed by atoms with Crippen LogP contribution in [0.4, 0.5) is 13.2 Å². The number of rotatable bonds is 3. The van der Waals surface area contributed by atoms with E-state index in [9.17, 15) is 18.0 Å². The highest BCUT2D eigenvalue weighted by Gasteiger charge is 2.27. The molecule has 0 aliphatic rings. The smallest absolute Gasteiger partial charge is 0.345 e. The first-order chi connectivity index (χ1) is 7.70. The molecule has 0 saturated carbocycles. The zero-order chi connectivity index (χ0) is 13.2. The van der Waals surface area contributed by atoms with E-state index in [0.29, 0.717) is 0 Å². The van der Waals surface area contributed by atoms with Crippen LogP contribution in [0.1, 0.15) is 16.8 Å². The lowest BCUT2D eigenvalue weighted by Gasteiger charge is -2.10. The first kappa shape index (κ1) is 13.6. The molecule has 6 heteroatoms. The fourth-order valence-corrected chi connectivity index (χ4v) is 1.50. The number of aromatic nitrogens is 1. The van der Waals surface area contributed by atoms with Crippen LogP contribution in [-0.4, -0.2) is 23.2 Å². The summed E-state index contributed by atoms with van der Waals surface area (Å²) in [6.45, 7) is 4.27. The average Bonchev–Trinajstić information content (AvgIpc) is 2.43. The quantitative estimate of drug-likeness (QED) is 0.873. The van der Waals surface area contributed by atoms with Crippen LogP contribution < -0.4 is 5.32 Å². The van der Waals surface area contributed by atoms with Crippen molar-refractivity contribution >= 4 is 5.91 Å². The minimum atomic E-state index is -4.37. The Bertz CT molecular complexity index is 421. The lowest BCUT2D eigenvalue weighted by atomic mass is 10.2. The summed E-state index contributed by atoms with van der Waals surface area (Å²) < 4.78 is 37.3. The zero-order valence-corrected chi connectivity index (χ0v) is 9.98. The fourth-order valence-electron chi connectivity index (χ4n) is 1.50. The Morgan fingerprint density at radius 3 is 2.35 bits per heavy atom. The van der Waals surface area contributed by atoms with Gasteiger partial charge in [0.2, 0.25) is 5.91 Å². The van der Waals surface area contributed by atoms with Crippen molar-refractivity contribution in [2.45, 2.75) is 33.5 Å². The van der Waals surface area contributed by atoms with Crippen LogP contribution >= 0.6 is 0 Å². The minimum Gasteiger partial charge on any atom is -0.345 e. The molecule has 0 radical (unpaired) electrons. The van der Waals surface area contributed by atoms with E-state index in [1.165, 1.54) is 0 Å². The van der Waals surface area contributed by atoms with Crippen molar-refractivity contribution in [3.05, 3.63) is 23.0 Å². The van der Waals surface area contributed by atoms with Gasteiger partial charge in [0.05, 0.1) is 0 Å². The number of hydrogen-bond acceptors (Lipinski definition) is 1. The standard InChI is InChI=1S/C11H15F3N2O/c1-7-4-16(9(3)8(7)2)5-10(17)15-6-11(12,13)14/h4H,5-6H2,1-3H3,(H,15,17). The van der Waals surface area contributed by atoms with E-state index in [0.717, 1.165) is 16.8 Å². The number of nitrogens with zero attached hydrogens (tertiary/aromatic N) is 1. The van der Waals surface area contributed by atoms with E-state index < -0.39 is 18.6 Å². The molecule has 0 fully saturated rings. The second-order valence-electron chi connectivity index (χ2n) is 4.04. The maximum Gasteiger partial charge on any atom is 0.405 e. The Balaban J connectivity index is 2.60. The number of halogens is 3. The van der Waals surface area contributed by atoms with Gasteiger partial charge in [-0.3, -0.25) is 4.79 Å². The Morgan fingerprint density at radius 2 is 1.94 bits per heavy atom. The summed E-state index contributed by atoms with van der Waals surface area (Å²) in [5, 5.41) is 1.84. The van der Waals surface area contributed by atoms with Gasteiger partial charge in [-0.05, 0) is 31.9 Å². The van der Waals surface area contributed by atoms with Crippen molar-refractivity contribution in [3.63, 3.8) is 0 Å². The Hall–Kier alpha value is -1.46. The second-order valence-corrected chi connectivity index (χ2v) is 4.04. The maximum atomic E-state index is 11.9. The van der Waals surface area contributed by atoms with Crippen molar-refractivity contribution < 1.29 is 18.0 Å². The summed E-state index contributed by atoms with van der Waals surface area (Å²) in [6.07, 6.45) is -2.61. The molecular weight excluding hydrogens is 233 g/mol. The first-order valence-corrected chi connectivity index (χ1v) is 5.17. The molecule has 0 aliphatic carbocycles. The number of nitrogens with one attached hydrogen (secondary N) is 1. The van der Waals surface area contributed by atoms with Gasteiger partial charge in [0.1, 0.15) is 13.1 Å². The van der Waals surface area contributed by atoms with E-state index in [1.54, 1.807) is 10.8 Å². The van der Waals surface area contributed by atoms with Gasteiger partial charge < -0.3 is 9.88 Å². The predicted octanol–water partition coefficient (Wildman–Crippen LogP) is 2.09. The van der Waals surface area contributed by atoms with Crippen molar-refractivity contribution in [3.8, 4) is 0 Å². The second kappa shape index (κ2) is 4.81. The summed E-state index contributed by atoms with van der Waals surface area (Å²) in [5.41, 5.74) is 2.96. The fraction of sp³-hybridized carbons (Fsp3) is 0.545. The largest absolute Gasteiger partial charge is 0.405 e.